The van der Waals surface area contributed by atoms with Crippen molar-refractivity contribution in [2.75, 3.05) is 19.7 Å². The van der Waals surface area contributed by atoms with Crippen molar-refractivity contribution in [3.8, 4) is 0 Å². The first-order valence-electron chi connectivity index (χ1n) is 7.76. The minimum absolute atomic E-state index is 0.103. The second kappa shape index (κ2) is 6.64. The van der Waals surface area contributed by atoms with E-state index in [2.05, 4.69) is 5.32 Å². The van der Waals surface area contributed by atoms with E-state index in [1.165, 1.54) is 4.90 Å². The number of carbonyl (C=O) groups excluding carboxylic acids is 2. The Morgan fingerprint density at radius 2 is 2.05 bits per heavy atom. The van der Waals surface area contributed by atoms with Gasteiger partial charge in [0.2, 0.25) is 5.91 Å². The Labute approximate surface area is 126 Å². The van der Waals surface area contributed by atoms with Gasteiger partial charge in [-0.25, -0.2) is 4.79 Å². The SMILES string of the molecule is CC(C)(C)OC(=O)N1CCC[C@H]1C(=O)NC[C@@H]1CCCO1. The van der Waals surface area contributed by atoms with Gasteiger partial charge in [0.15, 0.2) is 0 Å². The van der Waals surface area contributed by atoms with Crippen LogP contribution in [0.25, 0.3) is 0 Å². The highest BCUT2D eigenvalue weighted by Gasteiger charge is 2.36. The number of carbonyl (C=O) groups is 2. The largest absolute Gasteiger partial charge is 0.444 e. The zero-order valence-corrected chi connectivity index (χ0v) is 13.2. The van der Waals surface area contributed by atoms with Crippen LogP contribution in [0.15, 0.2) is 0 Å². The molecule has 1 N–H and O–H groups in total. The van der Waals surface area contributed by atoms with Crippen molar-refractivity contribution in [1.82, 2.24) is 10.2 Å². The molecule has 2 aliphatic heterocycles. The van der Waals surface area contributed by atoms with Gasteiger partial charge in [-0.05, 0) is 46.5 Å². The predicted molar refractivity (Wildman–Crippen MR) is 77.9 cm³/mol. The topological polar surface area (TPSA) is 67.9 Å². The maximum Gasteiger partial charge on any atom is 0.410 e. The van der Waals surface area contributed by atoms with E-state index in [0.717, 1.165) is 25.9 Å². The lowest BCUT2D eigenvalue weighted by Crippen LogP contribution is -2.48. The molecule has 0 saturated carbocycles. The number of nitrogens with one attached hydrogen (secondary N) is 1. The van der Waals surface area contributed by atoms with E-state index in [-0.39, 0.29) is 12.0 Å². The quantitative estimate of drug-likeness (QED) is 0.861. The molecular formula is C15H26N2O4. The lowest BCUT2D eigenvalue weighted by molar-refractivity contribution is -0.126. The first-order chi connectivity index (χ1) is 9.87. The van der Waals surface area contributed by atoms with Gasteiger partial charge >= 0.3 is 6.09 Å². The summed E-state index contributed by atoms with van der Waals surface area (Å²) in [6.45, 7) is 7.35. The molecule has 0 bridgehead atoms. The molecule has 2 amide bonds. The highest BCUT2D eigenvalue weighted by Crippen LogP contribution is 2.21. The summed E-state index contributed by atoms with van der Waals surface area (Å²) in [5.41, 5.74) is -0.543. The van der Waals surface area contributed by atoms with Crippen LogP contribution in [0.1, 0.15) is 46.5 Å². The number of hydrogen-bond acceptors (Lipinski definition) is 4. The van der Waals surface area contributed by atoms with Crippen molar-refractivity contribution >= 4 is 12.0 Å². The summed E-state index contributed by atoms with van der Waals surface area (Å²) in [6.07, 6.45) is 3.27. The molecule has 120 valence electrons. The lowest BCUT2D eigenvalue weighted by Gasteiger charge is -2.28. The molecule has 0 spiro atoms. The highest BCUT2D eigenvalue weighted by molar-refractivity contribution is 5.86. The fourth-order valence-corrected chi connectivity index (χ4v) is 2.72. The van der Waals surface area contributed by atoms with E-state index in [4.69, 9.17) is 9.47 Å². The predicted octanol–water partition coefficient (Wildman–Crippen LogP) is 1.68. The minimum Gasteiger partial charge on any atom is -0.444 e. The molecule has 2 fully saturated rings. The molecule has 2 aliphatic rings. The molecule has 0 aliphatic carbocycles. The second-order valence-electron chi connectivity index (χ2n) is 6.71. The van der Waals surface area contributed by atoms with E-state index in [1.54, 1.807) is 0 Å². The van der Waals surface area contributed by atoms with Gasteiger partial charge in [-0.3, -0.25) is 9.69 Å². The van der Waals surface area contributed by atoms with E-state index in [0.29, 0.717) is 19.5 Å². The van der Waals surface area contributed by atoms with Crippen LogP contribution in [-0.2, 0) is 14.3 Å². The van der Waals surface area contributed by atoms with Crippen LogP contribution >= 0.6 is 0 Å². The Morgan fingerprint density at radius 1 is 1.29 bits per heavy atom. The second-order valence-corrected chi connectivity index (χ2v) is 6.71. The van der Waals surface area contributed by atoms with Gasteiger partial charge in [0.05, 0.1) is 6.10 Å². The van der Waals surface area contributed by atoms with Crippen LogP contribution in [0.4, 0.5) is 4.79 Å². The van der Waals surface area contributed by atoms with Gasteiger partial charge in [0, 0.05) is 19.7 Å². The summed E-state index contributed by atoms with van der Waals surface area (Å²) in [4.78, 5) is 25.9. The maximum atomic E-state index is 12.3. The molecule has 2 rings (SSSR count). The summed E-state index contributed by atoms with van der Waals surface area (Å²) in [7, 11) is 0. The Morgan fingerprint density at radius 3 is 2.67 bits per heavy atom. The van der Waals surface area contributed by atoms with Crippen LogP contribution < -0.4 is 5.32 Å². The number of hydrogen-bond donors (Lipinski definition) is 1. The number of ether oxygens (including phenoxy) is 2. The molecule has 2 saturated heterocycles. The van der Waals surface area contributed by atoms with Crippen LogP contribution in [0.3, 0.4) is 0 Å². The van der Waals surface area contributed by atoms with Crippen molar-refractivity contribution in [2.45, 2.75) is 64.2 Å². The third-order valence-corrected chi connectivity index (χ3v) is 3.71. The van der Waals surface area contributed by atoms with Crippen molar-refractivity contribution in [2.24, 2.45) is 0 Å². The molecule has 0 unspecified atom stereocenters. The molecule has 0 aromatic heterocycles. The molecule has 21 heavy (non-hydrogen) atoms. The summed E-state index contributed by atoms with van der Waals surface area (Å²) in [6, 6.07) is -0.416. The minimum atomic E-state index is -0.543. The van der Waals surface area contributed by atoms with Gasteiger partial charge in [-0.15, -0.1) is 0 Å². The first-order valence-corrected chi connectivity index (χ1v) is 7.76. The van der Waals surface area contributed by atoms with E-state index >= 15 is 0 Å². The van der Waals surface area contributed by atoms with Crippen LogP contribution in [-0.4, -0.2) is 54.3 Å². The molecule has 2 atom stereocenters. The van der Waals surface area contributed by atoms with Gasteiger partial charge < -0.3 is 14.8 Å². The van der Waals surface area contributed by atoms with Gasteiger partial charge in [-0.2, -0.15) is 0 Å². The summed E-state index contributed by atoms with van der Waals surface area (Å²) >= 11 is 0. The maximum absolute atomic E-state index is 12.3. The van der Waals surface area contributed by atoms with Crippen molar-refractivity contribution in [3.63, 3.8) is 0 Å². The zero-order valence-electron chi connectivity index (χ0n) is 13.2. The lowest BCUT2D eigenvalue weighted by atomic mass is 10.2. The monoisotopic (exact) mass is 298 g/mol. The number of amides is 2. The van der Waals surface area contributed by atoms with E-state index < -0.39 is 17.7 Å². The molecular weight excluding hydrogens is 272 g/mol. The average Bonchev–Trinajstić information content (AvgIpc) is 3.05. The molecule has 2 heterocycles. The third kappa shape index (κ3) is 4.59. The average molecular weight is 298 g/mol. The van der Waals surface area contributed by atoms with Gasteiger partial charge in [0.25, 0.3) is 0 Å². The normalized spacial score (nSPS) is 26.0. The molecule has 0 aromatic carbocycles. The number of nitrogens with zero attached hydrogens (tertiary/aromatic N) is 1. The molecule has 0 radical (unpaired) electrons. The van der Waals surface area contributed by atoms with Crippen LogP contribution in [0.5, 0.6) is 0 Å². The highest BCUT2D eigenvalue weighted by atomic mass is 16.6. The first kappa shape index (κ1) is 16.1. The Bertz CT molecular complexity index is 386. The molecule has 6 nitrogen and oxygen atoms in total. The van der Waals surface area contributed by atoms with Gasteiger partial charge in [0.1, 0.15) is 11.6 Å². The van der Waals surface area contributed by atoms with Crippen LogP contribution in [0.2, 0.25) is 0 Å². The van der Waals surface area contributed by atoms with Crippen molar-refractivity contribution in [3.05, 3.63) is 0 Å². The Balaban J connectivity index is 1.85. The summed E-state index contributed by atoms with van der Waals surface area (Å²) < 4.78 is 10.8. The van der Waals surface area contributed by atoms with Crippen LogP contribution in [0, 0.1) is 0 Å². The van der Waals surface area contributed by atoms with Crippen molar-refractivity contribution < 1.29 is 19.1 Å². The third-order valence-electron chi connectivity index (χ3n) is 3.71. The van der Waals surface area contributed by atoms with E-state index in [1.807, 2.05) is 20.8 Å². The number of rotatable bonds is 3. The fourth-order valence-electron chi connectivity index (χ4n) is 2.72. The zero-order chi connectivity index (χ0) is 15.5. The summed E-state index contributed by atoms with van der Waals surface area (Å²) in [5.74, 6) is -0.103. The van der Waals surface area contributed by atoms with Gasteiger partial charge in [-0.1, -0.05) is 0 Å². The fraction of sp³-hybridized carbons (Fsp3) is 0.867. The smallest absolute Gasteiger partial charge is 0.410 e. The summed E-state index contributed by atoms with van der Waals surface area (Å²) in [5, 5.41) is 2.90. The molecule has 0 aromatic rings. The molecule has 6 heteroatoms. The Kier molecular flexibility index (Phi) is 5.08. The Hall–Kier alpha value is -1.30. The van der Waals surface area contributed by atoms with Crippen molar-refractivity contribution in [1.29, 1.82) is 0 Å². The number of likely N-dealkylation sites (tertiary alicyclic amines) is 1. The standard InChI is InChI=1S/C15H26N2O4/c1-15(2,3)21-14(19)17-8-4-7-12(17)13(18)16-10-11-6-5-9-20-11/h11-12H,4-10H2,1-3H3,(H,16,18)/t11-,12-/m0/s1. The van der Waals surface area contributed by atoms with E-state index in [9.17, 15) is 9.59 Å².